The molecule has 1 aromatic heterocycles. The number of hydrogen-bond donors (Lipinski definition) is 0. The van der Waals surface area contributed by atoms with Crippen molar-refractivity contribution >= 4 is 11.3 Å². The zero-order chi connectivity index (χ0) is 11.7. The third kappa shape index (κ3) is 2.25. The Balaban J connectivity index is 1.70. The summed E-state index contributed by atoms with van der Waals surface area (Å²) in [4.78, 5) is 6.87. The second kappa shape index (κ2) is 5.02. The SMILES string of the molecule is CO[C@H]1CCN(Cc2nccs2)[C@H]2CCO[C@H]12. The van der Waals surface area contributed by atoms with Crippen molar-refractivity contribution in [1.82, 2.24) is 9.88 Å². The molecule has 3 atom stereocenters. The van der Waals surface area contributed by atoms with Crippen molar-refractivity contribution in [1.29, 1.82) is 0 Å². The molecule has 0 saturated carbocycles. The number of aromatic nitrogens is 1. The second-order valence-electron chi connectivity index (χ2n) is 4.65. The van der Waals surface area contributed by atoms with E-state index in [1.807, 2.05) is 11.6 Å². The van der Waals surface area contributed by atoms with Gasteiger partial charge in [-0.2, -0.15) is 0 Å². The van der Waals surface area contributed by atoms with E-state index in [4.69, 9.17) is 9.47 Å². The molecule has 0 bridgehead atoms. The fourth-order valence-corrected chi connectivity index (χ4v) is 3.56. The van der Waals surface area contributed by atoms with Crippen molar-refractivity contribution in [2.75, 3.05) is 20.3 Å². The van der Waals surface area contributed by atoms with Crippen LogP contribution in [-0.4, -0.2) is 48.4 Å². The zero-order valence-electron chi connectivity index (χ0n) is 10.0. The van der Waals surface area contributed by atoms with E-state index in [9.17, 15) is 0 Å². The fourth-order valence-electron chi connectivity index (χ4n) is 2.92. The second-order valence-corrected chi connectivity index (χ2v) is 5.63. The lowest BCUT2D eigenvalue weighted by Crippen LogP contribution is -2.52. The molecule has 17 heavy (non-hydrogen) atoms. The molecule has 0 radical (unpaired) electrons. The maximum absolute atomic E-state index is 5.83. The van der Waals surface area contributed by atoms with Crippen LogP contribution in [0.3, 0.4) is 0 Å². The van der Waals surface area contributed by atoms with Gasteiger partial charge in [0.05, 0.1) is 18.8 Å². The quantitative estimate of drug-likeness (QED) is 0.819. The third-order valence-electron chi connectivity index (χ3n) is 3.76. The van der Waals surface area contributed by atoms with Crippen molar-refractivity contribution in [3.63, 3.8) is 0 Å². The van der Waals surface area contributed by atoms with Crippen LogP contribution in [0.2, 0.25) is 0 Å². The van der Waals surface area contributed by atoms with Gasteiger partial charge in [0.25, 0.3) is 0 Å². The molecule has 2 aliphatic rings. The van der Waals surface area contributed by atoms with E-state index in [-0.39, 0.29) is 12.2 Å². The summed E-state index contributed by atoms with van der Waals surface area (Å²) in [5.41, 5.74) is 0. The normalized spacial score (nSPS) is 33.8. The number of methoxy groups -OCH3 is 1. The summed E-state index contributed by atoms with van der Waals surface area (Å²) in [6.07, 6.45) is 4.59. The molecule has 1 aromatic rings. The molecule has 2 aliphatic heterocycles. The molecule has 3 heterocycles. The average molecular weight is 254 g/mol. The Hall–Kier alpha value is -0.490. The Kier molecular flexibility index (Phi) is 3.42. The summed E-state index contributed by atoms with van der Waals surface area (Å²) in [6.45, 7) is 2.91. The zero-order valence-corrected chi connectivity index (χ0v) is 10.9. The first-order valence-corrected chi connectivity index (χ1v) is 7.03. The van der Waals surface area contributed by atoms with Gasteiger partial charge in [-0.05, 0) is 12.8 Å². The first-order valence-electron chi connectivity index (χ1n) is 6.15. The summed E-state index contributed by atoms with van der Waals surface area (Å²) in [5, 5.41) is 3.24. The smallest absolute Gasteiger partial charge is 0.107 e. The van der Waals surface area contributed by atoms with Gasteiger partial charge in [0.15, 0.2) is 0 Å². The molecule has 2 saturated heterocycles. The van der Waals surface area contributed by atoms with Gasteiger partial charge in [-0.3, -0.25) is 4.90 Å². The molecule has 5 heteroatoms. The highest BCUT2D eigenvalue weighted by Crippen LogP contribution is 2.31. The summed E-state index contributed by atoms with van der Waals surface area (Å²) >= 11 is 1.73. The van der Waals surface area contributed by atoms with Crippen LogP contribution in [0.4, 0.5) is 0 Å². The van der Waals surface area contributed by atoms with Crippen molar-refractivity contribution in [2.45, 2.75) is 37.6 Å². The largest absolute Gasteiger partial charge is 0.379 e. The number of likely N-dealkylation sites (tertiary alicyclic amines) is 1. The molecule has 0 amide bonds. The molecule has 0 N–H and O–H groups in total. The molecular weight excluding hydrogens is 236 g/mol. The van der Waals surface area contributed by atoms with Crippen LogP contribution < -0.4 is 0 Å². The van der Waals surface area contributed by atoms with E-state index in [0.29, 0.717) is 6.04 Å². The number of thiazole rings is 1. The van der Waals surface area contributed by atoms with Gasteiger partial charge in [-0.25, -0.2) is 4.98 Å². The highest BCUT2D eigenvalue weighted by atomic mass is 32.1. The molecule has 3 rings (SSSR count). The van der Waals surface area contributed by atoms with Crippen molar-refractivity contribution < 1.29 is 9.47 Å². The van der Waals surface area contributed by atoms with E-state index in [2.05, 4.69) is 9.88 Å². The number of hydrogen-bond acceptors (Lipinski definition) is 5. The van der Waals surface area contributed by atoms with Gasteiger partial charge < -0.3 is 9.47 Å². The van der Waals surface area contributed by atoms with E-state index in [1.165, 1.54) is 5.01 Å². The topological polar surface area (TPSA) is 34.6 Å². The van der Waals surface area contributed by atoms with E-state index < -0.39 is 0 Å². The third-order valence-corrected chi connectivity index (χ3v) is 4.53. The summed E-state index contributed by atoms with van der Waals surface area (Å²) in [6, 6.07) is 0.512. The monoisotopic (exact) mass is 254 g/mol. The van der Waals surface area contributed by atoms with Crippen molar-refractivity contribution in [3.8, 4) is 0 Å². The van der Waals surface area contributed by atoms with Crippen LogP contribution in [0, 0.1) is 0 Å². The first-order chi connectivity index (χ1) is 8.38. The predicted octanol–water partition coefficient (Wildman–Crippen LogP) is 1.52. The lowest BCUT2D eigenvalue weighted by molar-refractivity contribution is -0.0845. The first kappa shape index (κ1) is 11.6. The minimum absolute atomic E-state index is 0.258. The molecule has 0 aliphatic carbocycles. The standard InChI is InChI=1S/C12H18N2O2S/c1-15-10-2-5-14(8-11-13-4-7-17-11)9-3-6-16-12(9)10/h4,7,9-10,12H,2-3,5-6,8H2,1H3/t9-,10-,12-/m0/s1. The Morgan fingerprint density at radius 2 is 2.53 bits per heavy atom. The van der Waals surface area contributed by atoms with Crippen LogP contribution in [0.5, 0.6) is 0 Å². The maximum atomic E-state index is 5.83. The summed E-state index contributed by atoms with van der Waals surface area (Å²) in [7, 11) is 1.79. The van der Waals surface area contributed by atoms with Gasteiger partial charge in [0.1, 0.15) is 5.01 Å². The molecule has 0 spiro atoms. The molecule has 2 fully saturated rings. The van der Waals surface area contributed by atoms with Crippen LogP contribution in [0.25, 0.3) is 0 Å². The van der Waals surface area contributed by atoms with Gasteiger partial charge in [0.2, 0.25) is 0 Å². The highest BCUT2D eigenvalue weighted by molar-refractivity contribution is 7.09. The van der Waals surface area contributed by atoms with Crippen LogP contribution in [0.1, 0.15) is 17.8 Å². The molecule has 4 nitrogen and oxygen atoms in total. The van der Waals surface area contributed by atoms with Gasteiger partial charge in [-0.1, -0.05) is 0 Å². The van der Waals surface area contributed by atoms with Crippen LogP contribution >= 0.6 is 11.3 Å². The Bertz CT molecular complexity index is 357. The average Bonchev–Trinajstić information content (AvgIpc) is 2.99. The maximum Gasteiger partial charge on any atom is 0.107 e. The van der Waals surface area contributed by atoms with Crippen LogP contribution in [0.15, 0.2) is 11.6 Å². The predicted molar refractivity (Wildman–Crippen MR) is 66.1 cm³/mol. The Morgan fingerprint density at radius 3 is 3.29 bits per heavy atom. The molecule has 0 unspecified atom stereocenters. The van der Waals surface area contributed by atoms with Crippen molar-refractivity contribution in [3.05, 3.63) is 16.6 Å². The van der Waals surface area contributed by atoms with E-state index in [1.54, 1.807) is 18.4 Å². The molecule has 0 aromatic carbocycles. The number of nitrogens with zero attached hydrogens (tertiary/aromatic N) is 2. The summed E-state index contributed by atoms with van der Waals surface area (Å²) < 4.78 is 11.4. The van der Waals surface area contributed by atoms with Crippen LogP contribution in [-0.2, 0) is 16.0 Å². The molecule has 94 valence electrons. The number of ether oxygens (including phenoxy) is 2. The van der Waals surface area contributed by atoms with Crippen molar-refractivity contribution in [2.24, 2.45) is 0 Å². The fraction of sp³-hybridized carbons (Fsp3) is 0.750. The number of piperidine rings is 1. The number of fused-ring (bicyclic) bond motifs is 1. The molecular formula is C12H18N2O2S. The minimum Gasteiger partial charge on any atom is -0.379 e. The Morgan fingerprint density at radius 1 is 1.59 bits per heavy atom. The van der Waals surface area contributed by atoms with E-state index in [0.717, 1.165) is 32.5 Å². The van der Waals surface area contributed by atoms with Gasteiger partial charge in [-0.15, -0.1) is 11.3 Å². The lowest BCUT2D eigenvalue weighted by atomic mass is 9.96. The summed E-state index contributed by atoms with van der Waals surface area (Å²) in [5.74, 6) is 0. The highest BCUT2D eigenvalue weighted by Gasteiger charge is 2.42. The van der Waals surface area contributed by atoms with Gasteiger partial charge in [0, 0.05) is 37.9 Å². The van der Waals surface area contributed by atoms with E-state index >= 15 is 0 Å². The minimum atomic E-state index is 0.258. The lowest BCUT2D eigenvalue weighted by Gasteiger charge is -2.40. The number of rotatable bonds is 3. The Labute approximate surface area is 106 Å². The van der Waals surface area contributed by atoms with Gasteiger partial charge >= 0.3 is 0 Å².